The van der Waals surface area contributed by atoms with Crippen molar-refractivity contribution in [3.8, 4) is 17.2 Å². The summed E-state index contributed by atoms with van der Waals surface area (Å²) in [6, 6.07) is 21.4. The fraction of sp³-hybridized carbons (Fsp3) is 0.259. The highest BCUT2D eigenvalue weighted by Gasteiger charge is 2.32. The minimum Gasteiger partial charge on any atom is -0.497 e. The zero-order chi connectivity index (χ0) is 22.9. The summed E-state index contributed by atoms with van der Waals surface area (Å²) in [6.45, 7) is 6.14. The zero-order valence-electron chi connectivity index (χ0n) is 19.1. The number of methoxy groups -OCH3 is 1. The molecule has 2 heterocycles. The number of amidine groups is 1. The van der Waals surface area contributed by atoms with E-state index in [1.165, 1.54) is 0 Å². The Labute approximate surface area is 194 Å². The highest BCUT2D eigenvalue weighted by molar-refractivity contribution is 6.04. The maximum atomic E-state index is 13.2. The normalized spacial score (nSPS) is 17.3. The van der Waals surface area contributed by atoms with Gasteiger partial charge in [0.1, 0.15) is 23.0 Å². The summed E-state index contributed by atoms with van der Waals surface area (Å²) < 4.78 is 11.5. The van der Waals surface area contributed by atoms with E-state index in [1.54, 1.807) is 13.2 Å². The summed E-state index contributed by atoms with van der Waals surface area (Å²) in [4.78, 5) is 22.5. The van der Waals surface area contributed by atoms with Crippen LogP contribution in [0.1, 0.15) is 28.4 Å². The molecule has 0 radical (unpaired) electrons. The molecule has 1 unspecified atom stereocenters. The first kappa shape index (κ1) is 21.1. The molecule has 0 N–H and O–H groups in total. The predicted molar refractivity (Wildman–Crippen MR) is 129 cm³/mol. The van der Waals surface area contributed by atoms with Crippen molar-refractivity contribution in [2.24, 2.45) is 4.99 Å². The number of carbonyl (C=O) groups is 1. The molecule has 1 amide bonds. The van der Waals surface area contributed by atoms with Crippen LogP contribution in [-0.2, 0) is 0 Å². The van der Waals surface area contributed by atoms with E-state index >= 15 is 0 Å². The van der Waals surface area contributed by atoms with Gasteiger partial charge in [0, 0.05) is 31.2 Å². The summed E-state index contributed by atoms with van der Waals surface area (Å²) >= 11 is 0. The van der Waals surface area contributed by atoms with Gasteiger partial charge in [0.2, 0.25) is 0 Å². The van der Waals surface area contributed by atoms with Gasteiger partial charge in [0.15, 0.2) is 5.75 Å². The van der Waals surface area contributed by atoms with E-state index < -0.39 is 0 Å². The second kappa shape index (κ2) is 8.62. The summed E-state index contributed by atoms with van der Waals surface area (Å²) in [7, 11) is 1.61. The summed E-state index contributed by atoms with van der Waals surface area (Å²) in [5, 5.41) is 0. The molecule has 2 aliphatic heterocycles. The van der Waals surface area contributed by atoms with Crippen molar-refractivity contribution in [3.05, 3.63) is 83.4 Å². The number of aliphatic imine (C=N–C) groups is 1. The number of nitrogens with zero attached hydrogens (tertiary/aromatic N) is 3. The van der Waals surface area contributed by atoms with E-state index in [4.69, 9.17) is 14.5 Å². The Morgan fingerprint density at radius 2 is 1.88 bits per heavy atom. The second-order valence-corrected chi connectivity index (χ2v) is 8.53. The number of piperazine rings is 1. The highest BCUT2D eigenvalue weighted by atomic mass is 16.5. The topological polar surface area (TPSA) is 54.4 Å². The molecule has 0 spiro atoms. The van der Waals surface area contributed by atoms with Crippen LogP contribution in [0.2, 0.25) is 0 Å². The minimum atomic E-state index is 0.0211. The number of ether oxygens (including phenoxy) is 2. The maximum absolute atomic E-state index is 13.2. The molecule has 0 aliphatic carbocycles. The van der Waals surface area contributed by atoms with Gasteiger partial charge in [-0.25, -0.2) is 4.99 Å². The van der Waals surface area contributed by atoms with Crippen molar-refractivity contribution in [1.29, 1.82) is 0 Å². The lowest BCUT2D eigenvalue weighted by molar-refractivity contribution is 0.0581. The summed E-state index contributed by atoms with van der Waals surface area (Å²) in [5.74, 6) is 3.14. The largest absolute Gasteiger partial charge is 0.497 e. The van der Waals surface area contributed by atoms with Crippen molar-refractivity contribution >= 4 is 17.4 Å². The first-order chi connectivity index (χ1) is 16.0. The van der Waals surface area contributed by atoms with E-state index in [2.05, 4.69) is 30.9 Å². The molecule has 0 bridgehead atoms. The lowest BCUT2D eigenvalue weighted by Crippen LogP contribution is -2.55. The van der Waals surface area contributed by atoms with Crippen molar-refractivity contribution < 1.29 is 14.3 Å². The van der Waals surface area contributed by atoms with Gasteiger partial charge in [-0.05, 0) is 56.3 Å². The summed E-state index contributed by atoms with van der Waals surface area (Å²) in [5.41, 5.74) is 3.58. The number of hydrogen-bond acceptors (Lipinski definition) is 5. The number of benzene rings is 3. The molecule has 168 valence electrons. The summed E-state index contributed by atoms with van der Waals surface area (Å²) in [6.07, 6.45) is 0. The molecule has 6 nitrogen and oxygen atoms in total. The van der Waals surface area contributed by atoms with Crippen LogP contribution in [0, 0.1) is 6.92 Å². The predicted octanol–water partition coefficient (Wildman–Crippen LogP) is 5.03. The quantitative estimate of drug-likeness (QED) is 0.560. The number of carbonyl (C=O) groups excluding carboxylic acids is 1. The number of amides is 1. The lowest BCUT2D eigenvalue weighted by Gasteiger charge is -2.41. The van der Waals surface area contributed by atoms with Gasteiger partial charge in [0.25, 0.3) is 5.91 Å². The molecular weight excluding hydrogens is 414 g/mol. The fourth-order valence-corrected chi connectivity index (χ4v) is 4.45. The van der Waals surface area contributed by atoms with Crippen LogP contribution in [0.3, 0.4) is 0 Å². The molecule has 0 aromatic heterocycles. The molecule has 0 saturated carbocycles. The third-order valence-electron chi connectivity index (χ3n) is 6.19. The monoisotopic (exact) mass is 441 g/mol. The van der Waals surface area contributed by atoms with Crippen LogP contribution in [-0.4, -0.2) is 54.3 Å². The average molecular weight is 442 g/mol. The van der Waals surface area contributed by atoms with Gasteiger partial charge >= 0.3 is 0 Å². The molecule has 1 fully saturated rings. The van der Waals surface area contributed by atoms with Gasteiger partial charge in [-0.3, -0.25) is 4.79 Å². The first-order valence-electron chi connectivity index (χ1n) is 11.2. The van der Waals surface area contributed by atoms with Crippen LogP contribution in [0.15, 0.2) is 71.7 Å². The molecule has 1 atom stereocenters. The van der Waals surface area contributed by atoms with Gasteiger partial charge in [-0.15, -0.1) is 0 Å². The van der Waals surface area contributed by atoms with Crippen molar-refractivity contribution in [1.82, 2.24) is 9.80 Å². The van der Waals surface area contributed by atoms with Crippen LogP contribution in [0.25, 0.3) is 0 Å². The molecular formula is C27H27N3O3. The van der Waals surface area contributed by atoms with Crippen LogP contribution >= 0.6 is 0 Å². The number of para-hydroxylation sites is 2. The average Bonchev–Trinajstić information content (AvgIpc) is 3.00. The molecule has 5 rings (SSSR count). The molecule has 3 aromatic rings. The van der Waals surface area contributed by atoms with E-state index in [-0.39, 0.29) is 11.9 Å². The Bertz CT molecular complexity index is 1240. The fourth-order valence-electron chi connectivity index (χ4n) is 4.45. The standard InChI is InChI=1S/C27H27N3O3/c1-18-11-12-24-22(15-18)26(28-23-9-4-5-10-25(23)33-24)29-13-14-30(19(2)17-29)27(31)20-7-6-8-21(16-20)32-3/h4-12,15-16,19H,13-14,17H2,1-3H3. The van der Waals surface area contributed by atoms with Crippen LogP contribution in [0.4, 0.5) is 5.69 Å². The van der Waals surface area contributed by atoms with Gasteiger partial charge < -0.3 is 19.3 Å². The number of fused-ring (bicyclic) bond motifs is 2. The maximum Gasteiger partial charge on any atom is 0.254 e. The third kappa shape index (κ3) is 4.04. The molecule has 2 aliphatic rings. The minimum absolute atomic E-state index is 0.0211. The molecule has 33 heavy (non-hydrogen) atoms. The second-order valence-electron chi connectivity index (χ2n) is 8.53. The van der Waals surface area contributed by atoms with Gasteiger partial charge in [0.05, 0.1) is 12.7 Å². The van der Waals surface area contributed by atoms with Crippen molar-refractivity contribution in [2.75, 3.05) is 26.7 Å². The molecule has 1 saturated heterocycles. The van der Waals surface area contributed by atoms with Gasteiger partial charge in [-0.1, -0.05) is 29.8 Å². The Morgan fingerprint density at radius 3 is 2.70 bits per heavy atom. The smallest absolute Gasteiger partial charge is 0.254 e. The van der Waals surface area contributed by atoms with Crippen LogP contribution < -0.4 is 9.47 Å². The Balaban J connectivity index is 1.44. The Kier molecular flexibility index (Phi) is 5.50. The van der Waals surface area contributed by atoms with Crippen molar-refractivity contribution in [3.63, 3.8) is 0 Å². The number of rotatable bonds is 2. The first-order valence-corrected chi connectivity index (χ1v) is 11.2. The Hall–Kier alpha value is -3.80. The number of hydrogen-bond donors (Lipinski definition) is 0. The van der Waals surface area contributed by atoms with E-state index in [1.807, 2.05) is 53.4 Å². The van der Waals surface area contributed by atoms with Crippen LogP contribution in [0.5, 0.6) is 17.2 Å². The Morgan fingerprint density at radius 1 is 1.03 bits per heavy atom. The van der Waals surface area contributed by atoms with E-state index in [0.29, 0.717) is 30.9 Å². The lowest BCUT2D eigenvalue weighted by atomic mass is 10.1. The molecule has 6 heteroatoms. The molecule has 3 aromatic carbocycles. The van der Waals surface area contributed by atoms with E-state index in [0.717, 1.165) is 34.1 Å². The highest BCUT2D eigenvalue weighted by Crippen LogP contribution is 2.38. The van der Waals surface area contributed by atoms with Gasteiger partial charge in [-0.2, -0.15) is 0 Å². The third-order valence-corrected chi connectivity index (χ3v) is 6.19. The number of aryl methyl sites for hydroxylation is 1. The van der Waals surface area contributed by atoms with Crippen molar-refractivity contribution in [2.45, 2.75) is 19.9 Å². The zero-order valence-corrected chi connectivity index (χ0v) is 19.1. The SMILES string of the molecule is COc1cccc(C(=O)N2CCN(C3=Nc4ccccc4Oc4ccc(C)cc43)CC2C)c1. The van der Waals surface area contributed by atoms with E-state index in [9.17, 15) is 4.79 Å².